The molecule has 7 nitrogen and oxygen atoms in total. The monoisotopic (exact) mass is 325 g/mol. The van der Waals surface area contributed by atoms with Crippen LogP contribution in [0.5, 0.6) is 0 Å². The lowest BCUT2D eigenvalue weighted by Crippen LogP contribution is -2.41. The van der Waals surface area contributed by atoms with E-state index >= 15 is 0 Å². The van der Waals surface area contributed by atoms with Crippen molar-refractivity contribution >= 4 is 18.0 Å². The minimum Gasteiger partial charge on any atom is -0.468 e. The second-order valence-corrected chi connectivity index (χ2v) is 6.72. The molecule has 7 heteroatoms. The van der Waals surface area contributed by atoms with Gasteiger partial charge in [0, 0.05) is 6.08 Å². The third-order valence-electron chi connectivity index (χ3n) is 4.10. The van der Waals surface area contributed by atoms with Crippen LogP contribution in [0, 0.1) is 5.92 Å². The van der Waals surface area contributed by atoms with Crippen molar-refractivity contribution in [2.45, 2.75) is 51.3 Å². The molecular weight excluding hydrogens is 302 g/mol. The highest BCUT2D eigenvalue weighted by molar-refractivity contribution is 5.88. The average molecular weight is 325 g/mol. The summed E-state index contributed by atoms with van der Waals surface area (Å²) in [4.78, 5) is 37.8. The van der Waals surface area contributed by atoms with Gasteiger partial charge in [-0.2, -0.15) is 0 Å². The molecule has 128 valence electrons. The third kappa shape index (κ3) is 3.33. The first-order valence-electron chi connectivity index (χ1n) is 7.58. The summed E-state index contributed by atoms with van der Waals surface area (Å²) in [5.74, 6) is -1.66. The predicted octanol–water partition coefficient (Wildman–Crippen LogP) is 1.66. The molecule has 0 spiro atoms. The Bertz CT molecular complexity index is 547. The van der Waals surface area contributed by atoms with Crippen LogP contribution in [0.1, 0.15) is 33.6 Å². The van der Waals surface area contributed by atoms with E-state index in [1.54, 1.807) is 25.7 Å². The van der Waals surface area contributed by atoms with Crippen LogP contribution in [0.2, 0.25) is 0 Å². The maximum atomic E-state index is 12.5. The number of amides is 1. The first kappa shape index (κ1) is 17.3. The van der Waals surface area contributed by atoms with Gasteiger partial charge in [0.05, 0.1) is 26.3 Å². The van der Waals surface area contributed by atoms with E-state index in [0.717, 1.165) is 0 Å². The summed E-state index contributed by atoms with van der Waals surface area (Å²) < 4.78 is 14.9. The number of carbonyl (C=O) groups is 3. The normalized spacial score (nSPS) is 28.0. The molecule has 1 amide bonds. The molecule has 2 aliphatic rings. The van der Waals surface area contributed by atoms with Crippen molar-refractivity contribution < 1.29 is 28.6 Å². The zero-order valence-electron chi connectivity index (χ0n) is 14.1. The third-order valence-corrected chi connectivity index (χ3v) is 4.10. The minimum absolute atomic E-state index is 0.335. The predicted molar refractivity (Wildman–Crippen MR) is 80.5 cm³/mol. The lowest BCUT2D eigenvalue weighted by atomic mass is 9.84. The van der Waals surface area contributed by atoms with Crippen LogP contribution in [0.4, 0.5) is 4.79 Å². The van der Waals surface area contributed by atoms with Crippen molar-refractivity contribution in [3.8, 4) is 0 Å². The molecule has 2 heterocycles. The van der Waals surface area contributed by atoms with Crippen LogP contribution in [0.25, 0.3) is 0 Å². The summed E-state index contributed by atoms with van der Waals surface area (Å²) in [5.41, 5.74) is -0.0719. The lowest BCUT2D eigenvalue weighted by Gasteiger charge is -2.27. The van der Waals surface area contributed by atoms with Gasteiger partial charge in [-0.15, -0.1) is 0 Å². The zero-order chi connectivity index (χ0) is 17.4. The number of methoxy groups -OCH3 is 2. The molecular formula is C16H23NO6. The molecule has 0 N–H and O–H groups in total. The number of esters is 2. The summed E-state index contributed by atoms with van der Waals surface area (Å²) in [6, 6.07) is -0.684. The van der Waals surface area contributed by atoms with Crippen molar-refractivity contribution in [2.75, 3.05) is 14.2 Å². The maximum Gasteiger partial charge on any atom is 0.411 e. The van der Waals surface area contributed by atoms with Gasteiger partial charge < -0.3 is 14.2 Å². The molecule has 2 aliphatic heterocycles. The fourth-order valence-electron chi connectivity index (χ4n) is 3.30. The molecule has 0 aliphatic carbocycles. The number of rotatable bonds is 2. The molecule has 0 aromatic heterocycles. The number of ether oxygens (including phenoxy) is 3. The van der Waals surface area contributed by atoms with Crippen molar-refractivity contribution in [1.29, 1.82) is 0 Å². The topological polar surface area (TPSA) is 82.1 Å². The van der Waals surface area contributed by atoms with E-state index < -0.39 is 29.6 Å². The number of hydrogen-bond donors (Lipinski definition) is 0. The fourth-order valence-corrected chi connectivity index (χ4v) is 3.30. The van der Waals surface area contributed by atoms with Gasteiger partial charge in [0.2, 0.25) is 0 Å². The Balaban J connectivity index is 2.34. The van der Waals surface area contributed by atoms with Crippen LogP contribution in [0.3, 0.4) is 0 Å². The van der Waals surface area contributed by atoms with E-state index in [-0.39, 0.29) is 12.1 Å². The van der Waals surface area contributed by atoms with Gasteiger partial charge in [0.25, 0.3) is 0 Å². The molecule has 0 aromatic carbocycles. The minimum atomic E-state index is -0.648. The van der Waals surface area contributed by atoms with Gasteiger partial charge in [-0.3, -0.25) is 9.69 Å². The first-order valence-corrected chi connectivity index (χ1v) is 7.58. The van der Waals surface area contributed by atoms with Gasteiger partial charge >= 0.3 is 18.0 Å². The zero-order valence-corrected chi connectivity index (χ0v) is 14.1. The maximum absolute atomic E-state index is 12.5. The van der Waals surface area contributed by atoms with Crippen LogP contribution in [-0.2, 0) is 23.8 Å². The van der Waals surface area contributed by atoms with E-state index in [0.29, 0.717) is 18.4 Å². The lowest BCUT2D eigenvalue weighted by molar-refractivity contribution is -0.144. The van der Waals surface area contributed by atoms with Crippen LogP contribution in [0.15, 0.2) is 11.6 Å². The SMILES string of the molecule is COC(=O)C=C1C(C(=O)OC)C2CCC1N2C(=O)OC(C)(C)C. The van der Waals surface area contributed by atoms with E-state index in [2.05, 4.69) is 4.74 Å². The van der Waals surface area contributed by atoms with Crippen LogP contribution >= 0.6 is 0 Å². The summed E-state index contributed by atoms with van der Waals surface area (Å²) >= 11 is 0. The number of nitrogens with zero attached hydrogens (tertiary/aromatic N) is 1. The molecule has 2 fully saturated rings. The van der Waals surface area contributed by atoms with E-state index in [1.807, 2.05) is 0 Å². The molecule has 0 saturated carbocycles. The van der Waals surface area contributed by atoms with Crippen molar-refractivity contribution in [2.24, 2.45) is 5.92 Å². The number of carbonyl (C=O) groups excluding carboxylic acids is 3. The fraction of sp³-hybridized carbons (Fsp3) is 0.688. The van der Waals surface area contributed by atoms with Gasteiger partial charge in [0.15, 0.2) is 0 Å². The molecule has 2 rings (SSSR count). The summed E-state index contributed by atoms with van der Waals surface area (Å²) in [7, 11) is 2.56. The van der Waals surface area contributed by atoms with E-state index in [4.69, 9.17) is 9.47 Å². The Labute approximate surface area is 135 Å². The quantitative estimate of drug-likeness (QED) is 0.436. The average Bonchev–Trinajstić information content (AvgIpc) is 3.00. The highest BCUT2D eigenvalue weighted by Gasteiger charge is 2.56. The van der Waals surface area contributed by atoms with E-state index in [1.165, 1.54) is 20.3 Å². The molecule has 3 unspecified atom stereocenters. The smallest absolute Gasteiger partial charge is 0.411 e. The molecule has 2 bridgehead atoms. The Morgan fingerprint density at radius 2 is 1.78 bits per heavy atom. The van der Waals surface area contributed by atoms with Crippen molar-refractivity contribution in [3.63, 3.8) is 0 Å². The highest BCUT2D eigenvalue weighted by atomic mass is 16.6. The molecule has 0 radical (unpaired) electrons. The van der Waals surface area contributed by atoms with Gasteiger partial charge in [0.1, 0.15) is 11.5 Å². The Kier molecular flexibility index (Phi) is 4.68. The summed E-state index contributed by atoms with van der Waals surface area (Å²) in [5, 5.41) is 0. The molecule has 0 aromatic rings. The second kappa shape index (κ2) is 6.22. The van der Waals surface area contributed by atoms with Crippen LogP contribution < -0.4 is 0 Å². The standard InChI is InChI=1S/C16H23NO6/c1-16(2,3)23-15(20)17-10-6-7-11(17)13(14(19)22-5)9(10)8-12(18)21-4/h8,10-11,13H,6-7H2,1-5H3. The Morgan fingerprint density at radius 1 is 1.13 bits per heavy atom. The highest BCUT2D eigenvalue weighted by Crippen LogP contribution is 2.46. The molecule has 3 atom stereocenters. The van der Waals surface area contributed by atoms with Gasteiger partial charge in [-0.05, 0) is 39.2 Å². The number of hydrogen-bond acceptors (Lipinski definition) is 6. The van der Waals surface area contributed by atoms with Crippen molar-refractivity contribution in [1.82, 2.24) is 4.90 Å². The van der Waals surface area contributed by atoms with Gasteiger partial charge in [-0.1, -0.05) is 0 Å². The number of fused-ring (bicyclic) bond motifs is 2. The van der Waals surface area contributed by atoms with E-state index in [9.17, 15) is 14.4 Å². The van der Waals surface area contributed by atoms with Crippen molar-refractivity contribution in [3.05, 3.63) is 11.6 Å². The summed E-state index contributed by atoms with van der Waals surface area (Å²) in [6.45, 7) is 5.35. The van der Waals surface area contributed by atoms with Gasteiger partial charge in [-0.25, -0.2) is 9.59 Å². The molecule has 23 heavy (non-hydrogen) atoms. The summed E-state index contributed by atoms with van der Waals surface area (Å²) in [6.07, 6.45) is 2.16. The first-order chi connectivity index (χ1) is 10.7. The van der Waals surface area contributed by atoms with Crippen LogP contribution in [-0.4, -0.2) is 54.8 Å². The Hall–Kier alpha value is -2.05. The molecule has 2 saturated heterocycles. The largest absolute Gasteiger partial charge is 0.468 e. The second-order valence-electron chi connectivity index (χ2n) is 6.72. The Morgan fingerprint density at radius 3 is 2.30 bits per heavy atom.